The highest BCUT2D eigenvalue weighted by Gasteiger charge is 2.50. The van der Waals surface area contributed by atoms with E-state index in [4.69, 9.17) is 92.8 Å². The molecule has 0 atom stereocenters. The van der Waals surface area contributed by atoms with Crippen LogP contribution in [0.5, 0.6) is 0 Å². The Kier molecular flexibility index (Phi) is 10.2. The first kappa shape index (κ1) is 29.8. The first-order chi connectivity index (χ1) is 16.9. The Bertz CT molecular complexity index is 1010. The quantitative estimate of drug-likeness (QED) is 0.184. The van der Waals surface area contributed by atoms with Crippen molar-refractivity contribution in [3.8, 4) is 0 Å². The summed E-state index contributed by atoms with van der Waals surface area (Å²) in [5, 5.41) is 0. The monoisotopic (exact) mass is 636 g/mol. The van der Waals surface area contributed by atoms with Gasteiger partial charge in [0.2, 0.25) is 0 Å². The van der Waals surface area contributed by atoms with Crippen molar-refractivity contribution in [2.75, 3.05) is 0 Å². The van der Waals surface area contributed by atoms with Crippen molar-refractivity contribution in [1.82, 2.24) is 0 Å². The Morgan fingerprint density at radius 3 is 0.528 bits per heavy atom. The molecule has 8 heteroatoms. The van der Waals surface area contributed by atoms with Gasteiger partial charge in [0.25, 0.3) is 0 Å². The molecule has 0 aromatic heterocycles. The predicted octanol–water partition coefficient (Wildman–Crippen LogP) is 11.3. The molecule has 4 aromatic rings. The van der Waals surface area contributed by atoms with E-state index in [1.54, 1.807) is 48.5 Å². The average molecular weight is 640 g/mol. The summed E-state index contributed by atoms with van der Waals surface area (Å²) < 4.78 is -5.73. The lowest BCUT2D eigenvalue weighted by atomic mass is 10.0. The minimum atomic E-state index is -1.43. The van der Waals surface area contributed by atoms with E-state index in [0.717, 1.165) is 0 Å². The van der Waals surface area contributed by atoms with Gasteiger partial charge in [-0.05, 0) is 22.3 Å². The van der Waals surface area contributed by atoms with Crippen LogP contribution in [0.2, 0.25) is 0 Å². The molecule has 0 amide bonds. The Balaban J connectivity index is 0.000000201. The summed E-state index contributed by atoms with van der Waals surface area (Å²) in [7, 11) is 0. The molecule has 0 heterocycles. The summed E-state index contributed by atoms with van der Waals surface area (Å²) in [6, 6.07) is 36.5. The van der Waals surface area contributed by atoms with E-state index < -0.39 is 17.3 Å². The highest BCUT2D eigenvalue weighted by molar-refractivity contribution is 6.62. The van der Waals surface area contributed by atoms with Crippen LogP contribution in [0.4, 0.5) is 0 Å². The second-order valence-corrected chi connectivity index (χ2v) is 13.1. The fourth-order valence-electron chi connectivity index (χ4n) is 3.32. The molecule has 4 rings (SSSR count). The van der Waals surface area contributed by atoms with Gasteiger partial charge in [-0.25, -0.2) is 0 Å². The van der Waals surface area contributed by atoms with Gasteiger partial charge in [0.1, 0.15) is 0 Å². The van der Waals surface area contributed by atoms with Gasteiger partial charge in [-0.15, -0.1) is 0 Å². The number of hydrogen-bond acceptors (Lipinski definition) is 0. The molecule has 0 radical (unpaired) electrons. The van der Waals surface area contributed by atoms with Crippen molar-refractivity contribution in [2.24, 2.45) is 0 Å². The zero-order valence-corrected chi connectivity index (χ0v) is 24.6. The Labute approximate surface area is 251 Å². The highest BCUT2D eigenvalue weighted by atomic mass is 35.5. The molecule has 0 aliphatic carbocycles. The molecule has 0 nitrogen and oxygen atoms in total. The van der Waals surface area contributed by atoms with E-state index in [0.29, 0.717) is 22.3 Å². The van der Waals surface area contributed by atoms with Crippen molar-refractivity contribution in [3.05, 3.63) is 144 Å². The Morgan fingerprint density at radius 2 is 0.389 bits per heavy atom. The first-order valence-corrected chi connectivity index (χ1v) is 13.7. The molecule has 36 heavy (non-hydrogen) atoms. The molecule has 0 fully saturated rings. The average Bonchev–Trinajstić information content (AvgIpc) is 2.91. The van der Waals surface area contributed by atoms with Crippen molar-refractivity contribution in [1.29, 1.82) is 0 Å². The molecule has 4 aromatic carbocycles. The molecule has 0 aliphatic rings. The topological polar surface area (TPSA) is 0 Å². The third-order valence-corrected chi connectivity index (χ3v) is 10.1. The second-order valence-electron chi connectivity index (χ2n) is 7.76. The van der Waals surface area contributed by atoms with E-state index in [9.17, 15) is 0 Å². The van der Waals surface area contributed by atoms with Gasteiger partial charge < -0.3 is 0 Å². The number of alkyl halides is 8. The normalized spacial score (nSPS) is 12.4. The molecule has 0 saturated carbocycles. The summed E-state index contributed by atoms with van der Waals surface area (Å²) in [5.74, 6) is 0. The molecule has 0 aliphatic heterocycles. The Morgan fingerprint density at radius 1 is 0.250 bits per heavy atom. The summed E-state index contributed by atoms with van der Waals surface area (Å²) in [6.07, 6.45) is 0. The molecule has 0 unspecified atom stereocenters. The van der Waals surface area contributed by atoms with Crippen LogP contribution in [-0.4, -0.2) is 0 Å². The largest absolute Gasteiger partial charge is 0.180 e. The lowest BCUT2D eigenvalue weighted by Gasteiger charge is -2.33. The third kappa shape index (κ3) is 6.42. The molecular weight excluding hydrogens is 620 g/mol. The molecule has 0 bridgehead atoms. The van der Waals surface area contributed by atoms with Gasteiger partial charge in [-0.3, -0.25) is 0 Å². The van der Waals surface area contributed by atoms with Gasteiger partial charge in [-0.1, -0.05) is 214 Å². The lowest BCUT2D eigenvalue weighted by molar-refractivity contribution is 0.732. The molecule has 0 N–H and O–H groups in total. The van der Waals surface area contributed by atoms with Crippen molar-refractivity contribution in [3.63, 3.8) is 0 Å². The number of benzene rings is 4. The smallest absolute Gasteiger partial charge is 0.0925 e. The Hall–Kier alpha value is -0.800. The number of halogens is 8. The molecular formula is C28H20Cl8. The van der Waals surface area contributed by atoms with Crippen LogP contribution in [0.1, 0.15) is 22.3 Å². The van der Waals surface area contributed by atoms with Crippen LogP contribution in [0.25, 0.3) is 0 Å². The second kappa shape index (κ2) is 12.4. The standard InChI is InChI=1S/2C14H10Cl4/c2*15-13(16,11-7-3-1-4-8-11)14(17,18)12-9-5-2-6-10-12/h2*1-10H. The maximum Gasteiger partial charge on any atom is 0.180 e. The molecule has 0 saturated heterocycles. The zero-order chi connectivity index (χ0) is 26.5. The minimum Gasteiger partial charge on any atom is -0.0925 e. The van der Waals surface area contributed by atoms with E-state index in [1.165, 1.54) is 0 Å². The van der Waals surface area contributed by atoms with Crippen LogP contribution in [0.3, 0.4) is 0 Å². The van der Waals surface area contributed by atoms with Crippen molar-refractivity contribution < 1.29 is 0 Å². The van der Waals surface area contributed by atoms with Crippen molar-refractivity contribution in [2.45, 2.75) is 17.3 Å². The van der Waals surface area contributed by atoms with E-state index in [2.05, 4.69) is 0 Å². The summed E-state index contributed by atoms with van der Waals surface area (Å²) in [6.45, 7) is 0. The lowest BCUT2D eigenvalue weighted by Crippen LogP contribution is -2.31. The van der Waals surface area contributed by atoms with E-state index in [-0.39, 0.29) is 0 Å². The fourth-order valence-corrected chi connectivity index (χ4v) is 5.20. The number of rotatable bonds is 6. The summed E-state index contributed by atoms with van der Waals surface area (Å²) >= 11 is 51.1. The molecule has 188 valence electrons. The van der Waals surface area contributed by atoms with Crippen LogP contribution in [0, 0.1) is 0 Å². The van der Waals surface area contributed by atoms with E-state index >= 15 is 0 Å². The van der Waals surface area contributed by atoms with Gasteiger partial charge in [0.15, 0.2) is 17.3 Å². The summed E-state index contributed by atoms with van der Waals surface area (Å²) in [5.41, 5.74) is 2.62. The maximum atomic E-state index is 6.39. The van der Waals surface area contributed by atoms with Gasteiger partial charge in [-0.2, -0.15) is 0 Å². The van der Waals surface area contributed by atoms with Crippen LogP contribution < -0.4 is 0 Å². The molecule has 0 spiro atoms. The first-order valence-electron chi connectivity index (χ1n) is 10.7. The van der Waals surface area contributed by atoms with Gasteiger partial charge in [0, 0.05) is 0 Å². The SMILES string of the molecule is ClC(Cl)(c1ccccc1)C(Cl)(Cl)c1ccccc1.ClC(Cl)(c1ccccc1)C(Cl)(Cl)c1ccccc1. The van der Waals surface area contributed by atoms with Crippen LogP contribution >= 0.6 is 92.8 Å². The fraction of sp³-hybridized carbons (Fsp3) is 0.143. The zero-order valence-electron chi connectivity index (χ0n) is 18.6. The van der Waals surface area contributed by atoms with Crippen LogP contribution in [0.15, 0.2) is 121 Å². The summed E-state index contributed by atoms with van der Waals surface area (Å²) in [4.78, 5) is 0. The predicted molar refractivity (Wildman–Crippen MR) is 159 cm³/mol. The minimum absolute atomic E-state index is 0.655. The van der Waals surface area contributed by atoms with Gasteiger partial charge >= 0.3 is 0 Å². The maximum absolute atomic E-state index is 6.39. The van der Waals surface area contributed by atoms with Crippen LogP contribution in [-0.2, 0) is 17.3 Å². The van der Waals surface area contributed by atoms with E-state index in [1.807, 2.05) is 72.8 Å². The third-order valence-electron chi connectivity index (χ3n) is 5.33. The van der Waals surface area contributed by atoms with Gasteiger partial charge in [0.05, 0.1) is 0 Å². The number of hydrogen-bond donors (Lipinski definition) is 0. The highest BCUT2D eigenvalue weighted by Crippen LogP contribution is 2.57. The van der Waals surface area contributed by atoms with Crippen molar-refractivity contribution >= 4 is 92.8 Å².